The second kappa shape index (κ2) is 5.20. The van der Waals surface area contributed by atoms with E-state index in [1.807, 2.05) is 6.07 Å². The van der Waals surface area contributed by atoms with Crippen molar-refractivity contribution in [2.24, 2.45) is 0 Å². The number of carboxylic acid groups (broad SMARTS) is 1. The van der Waals surface area contributed by atoms with Crippen LogP contribution in [0.1, 0.15) is 10.5 Å². The molecule has 0 saturated carbocycles. The van der Waals surface area contributed by atoms with Crippen molar-refractivity contribution in [1.82, 2.24) is 4.68 Å². The molecule has 0 unspecified atom stereocenters. The number of nitrogen functional groups attached to an aromatic ring is 1. The molecule has 0 aliphatic heterocycles. The van der Waals surface area contributed by atoms with Crippen molar-refractivity contribution in [3.63, 3.8) is 0 Å². The van der Waals surface area contributed by atoms with E-state index in [2.05, 4.69) is 0 Å². The molecular formula is C16H11ClN2O3. The number of nitrogens with zero attached hydrogens (tertiary/aromatic N) is 1. The molecule has 1 aromatic heterocycles. The zero-order valence-electron chi connectivity index (χ0n) is 11.3. The predicted molar refractivity (Wildman–Crippen MR) is 85.8 cm³/mol. The maximum atomic E-state index is 12.3. The van der Waals surface area contributed by atoms with Crippen LogP contribution in [-0.2, 0) is 0 Å². The Bertz CT molecular complexity index is 949. The lowest BCUT2D eigenvalue weighted by Gasteiger charge is -2.14. The summed E-state index contributed by atoms with van der Waals surface area (Å²) in [5, 5.41) is 10.7. The van der Waals surface area contributed by atoms with Crippen LogP contribution < -0.4 is 11.4 Å². The Morgan fingerprint density at radius 1 is 1.09 bits per heavy atom. The van der Waals surface area contributed by atoms with Crippen molar-refractivity contribution in [3.8, 4) is 11.1 Å². The minimum Gasteiger partial charge on any atom is -0.476 e. The first kappa shape index (κ1) is 14.2. The molecule has 110 valence electrons. The lowest BCUT2D eigenvalue weighted by atomic mass is 9.97. The Morgan fingerprint density at radius 3 is 2.41 bits per heavy atom. The van der Waals surface area contributed by atoms with E-state index < -0.39 is 11.5 Å². The van der Waals surface area contributed by atoms with Crippen LogP contribution in [0.2, 0.25) is 5.02 Å². The van der Waals surface area contributed by atoms with Crippen molar-refractivity contribution in [1.29, 1.82) is 0 Å². The third-order valence-corrected chi connectivity index (χ3v) is 3.68. The molecule has 0 saturated heterocycles. The van der Waals surface area contributed by atoms with Crippen molar-refractivity contribution >= 4 is 28.3 Å². The summed E-state index contributed by atoms with van der Waals surface area (Å²) in [6, 6.07) is 13.6. The summed E-state index contributed by atoms with van der Waals surface area (Å²) in [7, 11) is 0. The molecule has 0 bridgehead atoms. The van der Waals surface area contributed by atoms with Gasteiger partial charge in [0, 0.05) is 16.0 Å². The van der Waals surface area contributed by atoms with Gasteiger partial charge in [0.15, 0.2) is 5.69 Å². The molecule has 0 amide bonds. The fraction of sp³-hybridized carbons (Fsp3) is 0. The predicted octanol–water partition coefficient (Wildman–Crippen LogP) is 2.73. The number of halogens is 1. The number of benzene rings is 2. The third-order valence-electron chi connectivity index (χ3n) is 3.44. The molecule has 0 aliphatic rings. The maximum Gasteiger partial charge on any atom is 0.355 e. The molecule has 2 aromatic carbocycles. The molecule has 3 aromatic rings. The molecule has 5 nitrogen and oxygen atoms in total. The van der Waals surface area contributed by atoms with Crippen molar-refractivity contribution in [2.75, 3.05) is 5.84 Å². The summed E-state index contributed by atoms with van der Waals surface area (Å²) in [5.74, 6) is 4.44. The minimum atomic E-state index is -1.28. The lowest BCUT2D eigenvalue weighted by molar-refractivity contribution is 0.0687. The maximum absolute atomic E-state index is 12.3. The zero-order valence-corrected chi connectivity index (χ0v) is 12.0. The highest BCUT2D eigenvalue weighted by Crippen LogP contribution is 2.31. The first-order valence-corrected chi connectivity index (χ1v) is 6.80. The summed E-state index contributed by atoms with van der Waals surface area (Å²) < 4.78 is 0.668. The number of pyridine rings is 1. The van der Waals surface area contributed by atoms with Gasteiger partial charge in [-0.15, -0.1) is 0 Å². The Kier molecular flexibility index (Phi) is 3.35. The van der Waals surface area contributed by atoms with E-state index in [-0.39, 0.29) is 5.69 Å². The van der Waals surface area contributed by atoms with E-state index in [4.69, 9.17) is 17.4 Å². The minimum absolute atomic E-state index is 0.272. The molecule has 22 heavy (non-hydrogen) atoms. The number of rotatable bonds is 2. The van der Waals surface area contributed by atoms with Gasteiger partial charge in [-0.2, -0.15) is 0 Å². The molecule has 6 heteroatoms. The standard InChI is InChI=1S/C16H11ClN2O3/c17-10-6-7-11-12(8-10)13(9-4-2-1-3-5-9)14(16(21)22)19(18)15(11)20/h1-8H,18H2,(H,21,22). The van der Waals surface area contributed by atoms with Gasteiger partial charge in [-0.25, -0.2) is 9.47 Å². The number of fused-ring (bicyclic) bond motifs is 1. The number of carboxylic acids is 1. The van der Waals surface area contributed by atoms with E-state index in [9.17, 15) is 14.7 Å². The first-order valence-electron chi connectivity index (χ1n) is 6.42. The topological polar surface area (TPSA) is 85.3 Å². The summed E-state index contributed by atoms with van der Waals surface area (Å²) in [5.41, 5.74) is 0.161. The van der Waals surface area contributed by atoms with E-state index in [0.717, 1.165) is 0 Å². The van der Waals surface area contributed by atoms with E-state index >= 15 is 0 Å². The number of aromatic nitrogens is 1. The molecule has 0 spiro atoms. The van der Waals surface area contributed by atoms with Gasteiger partial charge in [0.2, 0.25) is 0 Å². The van der Waals surface area contributed by atoms with E-state index in [0.29, 0.717) is 31.6 Å². The van der Waals surface area contributed by atoms with Gasteiger partial charge in [0.25, 0.3) is 5.56 Å². The van der Waals surface area contributed by atoms with Gasteiger partial charge in [-0.05, 0) is 29.1 Å². The highest BCUT2D eigenvalue weighted by Gasteiger charge is 2.21. The monoisotopic (exact) mass is 314 g/mol. The van der Waals surface area contributed by atoms with Crippen molar-refractivity contribution in [2.45, 2.75) is 0 Å². The van der Waals surface area contributed by atoms with E-state index in [1.165, 1.54) is 0 Å². The number of aromatic carboxylic acids is 1. The third kappa shape index (κ3) is 2.12. The van der Waals surface area contributed by atoms with Gasteiger partial charge >= 0.3 is 5.97 Å². The average molecular weight is 315 g/mol. The average Bonchev–Trinajstić information content (AvgIpc) is 2.51. The molecule has 3 rings (SSSR count). The highest BCUT2D eigenvalue weighted by atomic mass is 35.5. The highest BCUT2D eigenvalue weighted by molar-refractivity contribution is 6.31. The summed E-state index contributed by atoms with van der Waals surface area (Å²) in [6.07, 6.45) is 0. The quantitative estimate of drug-likeness (QED) is 0.712. The molecule has 3 N–H and O–H groups in total. The van der Waals surface area contributed by atoms with Crippen LogP contribution in [0.3, 0.4) is 0 Å². The van der Waals surface area contributed by atoms with Gasteiger partial charge < -0.3 is 10.9 Å². The number of hydrogen-bond donors (Lipinski definition) is 2. The Balaban J connectivity index is 2.59. The first-order chi connectivity index (χ1) is 10.5. The largest absolute Gasteiger partial charge is 0.476 e. The molecule has 0 aliphatic carbocycles. The van der Waals surface area contributed by atoms with Gasteiger partial charge in [0.1, 0.15) is 0 Å². The second-order valence-corrected chi connectivity index (χ2v) is 5.20. The molecule has 0 fully saturated rings. The lowest BCUT2D eigenvalue weighted by Crippen LogP contribution is -2.33. The molecular weight excluding hydrogens is 304 g/mol. The summed E-state index contributed by atoms with van der Waals surface area (Å²) >= 11 is 6.01. The SMILES string of the molecule is Nn1c(C(=O)O)c(-c2ccccc2)c2cc(Cl)ccc2c1=O. The Labute approximate surface area is 130 Å². The zero-order chi connectivity index (χ0) is 15.9. The van der Waals surface area contributed by atoms with Crippen LogP contribution >= 0.6 is 11.6 Å². The molecule has 0 atom stereocenters. The Morgan fingerprint density at radius 2 is 1.77 bits per heavy atom. The van der Waals surface area contributed by atoms with Crippen molar-refractivity contribution in [3.05, 3.63) is 69.6 Å². The normalized spacial score (nSPS) is 10.8. The van der Waals surface area contributed by atoms with Crippen molar-refractivity contribution < 1.29 is 9.90 Å². The number of nitrogens with two attached hydrogens (primary N) is 1. The summed E-state index contributed by atoms with van der Waals surface area (Å²) in [4.78, 5) is 23.9. The number of hydrogen-bond acceptors (Lipinski definition) is 3. The van der Waals surface area contributed by atoms with Gasteiger partial charge in [-0.3, -0.25) is 4.79 Å². The number of carbonyl (C=O) groups is 1. The van der Waals surface area contributed by atoms with Gasteiger partial charge in [-0.1, -0.05) is 41.9 Å². The fourth-order valence-corrected chi connectivity index (χ4v) is 2.67. The Hall–Kier alpha value is -2.79. The smallest absolute Gasteiger partial charge is 0.355 e. The molecule has 0 radical (unpaired) electrons. The van der Waals surface area contributed by atoms with Crippen LogP contribution in [0.5, 0.6) is 0 Å². The van der Waals surface area contributed by atoms with Crippen LogP contribution in [0.4, 0.5) is 0 Å². The van der Waals surface area contributed by atoms with Crippen LogP contribution in [-0.4, -0.2) is 15.8 Å². The van der Waals surface area contributed by atoms with Crippen LogP contribution in [0.25, 0.3) is 21.9 Å². The van der Waals surface area contributed by atoms with Crippen LogP contribution in [0.15, 0.2) is 53.3 Å². The fourth-order valence-electron chi connectivity index (χ4n) is 2.50. The van der Waals surface area contributed by atoms with E-state index in [1.54, 1.807) is 42.5 Å². The second-order valence-electron chi connectivity index (χ2n) is 4.76. The van der Waals surface area contributed by atoms with Gasteiger partial charge in [0.05, 0.1) is 0 Å². The van der Waals surface area contributed by atoms with Crippen LogP contribution in [0, 0.1) is 0 Å². The summed E-state index contributed by atoms with van der Waals surface area (Å²) in [6.45, 7) is 0. The molecule has 1 heterocycles.